The number of nitrogens with one attached hydrogen (secondary N) is 1. The van der Waals surface area contributed by atoms with Crippen LogP contribution in [0.1, 0.15) is 6.42 Å². The fourth-order valence-electron chi connectivity index (χ4n) is 2.47. The van der Waals surface area contributed by atoms with Crippen molar-refractivity contribution in [1.82, 2.24) is 19.4 Å². The van der Waals surface area contributed by atoms with Crippen LogP contribution in [0.15, 0.2) is 59.8 Å². The zero-order valence-electron chi connectivity index (χ0n) is 12.7. The molecule has 1 N–H and O–H groups in total. The lowest BCUT2D eigenvalue weighted by molar-refractivity contribution is -0.121. The van der Waals surface area contributed by atoms with Crippen molar-refractivity contribution in [1.29, 1.82) is 0 Å². The highest BCUT2D eigenvalue weighted by molar-refractivity contribution is 5.76. The third kappa shape index (κ3) is 3.66. The molecule has 23 heavy (non-hydrogen) atoms. The van der Waals surface area contributed by atoms with Gasteiger partial charge in [-0.2, -0.15) is 0 Å². The summed E-state index contributed by atoms with van der Waals surface area (Å²) in [7, 11) is 0. The molecular weight excluding hydrogens is 292 g/mol. The van der Waals surface area contributed by atoms with Gasteiger partial charge in [0.05, 0.1) is 17.4 Å². The number of carbonyl (C=O) groups is 1. The highest BCUT2D eigenvalue weighted by Gasteiger charge is 2.04. The maximum Gasteiger partial charge on any atom is 0.250 e. The van der Waals surface area contributed by atoms with Crippen LogP contribution in [0.2, 0.25) is 0 Å². The van der Waals surface area contributed by atoms with Gasteiger partial charge < -0.3 is 14.5 Å². The van der Waals surface area contributed by atoms with Crippen LogP contribution in [0.3, 0.4) is 0 Å². The molecule has 118 valence electrons. The summed E-state index contributed by atoms with van der Waals surface area (Å²) in [4.78, 5) is 27.7. The molecule has 0 radical (unpaired) electrons. The third-order valence-electron chi connectivity index (χ3n) is 3.64. The fourth-order valence-corrected chi connectivity index (χ4v) is 2.47. The van der Waals surface area contributed by atoms with E-state index in [1.54, 1.807) is 18.3 Å². The molecule has 6 heteroatoms. The highest BCUT2D eigenvalue weighted by atomic mass is 16.2. The average Bonchev–Trinajstić information content (AvgIpc) is 2.97. The Hall–Kier alpha value is -2.89. The molecule has 0 aliphatic heterocycles. The number of hydrogen-bond acceptors (Lipinski definition) is 3. The van der Waals surface area contributed by atoms with Gasteiger partial charge in [-0.05, 0) is 24.6 Å². The topological polar surface area (TPSA) is 68.9 Å². The van der Waals surface area contributed by atoms with E-state index in [-0.39, 0.29) is 18.0 Å². The van der Waals surface area contributed by atoms with Gasteiger partial charge in [-0.15, -0.1) is 0 Å². The van der Waals surface area contributed by atoms with Gasteiger partial charge in [-0.3, -0.25) is 9.59 Å². The van der Waals surface area contributed by atoms with Crippen LogP contribution in [-0.2, 0) is 17.9 Å². The third-order valence-corrected chi connectivity index (χ3v) is 3.64. The first-order chi connectivity index (χ1) is 11.2. The number of rotatable bonds is 6. The lowest BCUT2D eigenvalue weighted by Gasteiger charge is -2.08. The minimum absolute atomic E-state index is 0.0493. The number of pyridine rings is 1. The van der Waals surface area contributed by atoms with Crippen LogP contribution in [0.4, 0.5) is 0 Å². The van der Waals surface area contributed by atoms with Crippen molar-refractivity contribution < 1.29 is 4.79 Å². The molecule has 6 nitrogen and oxygen atoms in total. The number of hydrogen-bond donors (Lipinski definition) is 1. The summed E-state index contributed by atoms with van der Waals surface area (Å²) in [5, 5.41) is 2.84. The Morgan fingerprint density at radius 1 is 1.09 bits per heavy atom. The van der Waals surface area contributed by atoms with Gasteiger partial charge in [0, 0.05) is 25.4 Å². The van der Waals surface area contributed by atoms with Crippen LogP contribution >= 0.6 is 0 Å². The maximum atomic E-state index is 11.8. The number of aromatic nitrogens is 3. The Morgan fingerprint density at radius 2 is 1.91 bits per heavy atom. The second kappa shape index (κ2) is 6.91. The van der Waals surface area contributed by atoms with Crippen LogP contribution in [0, 0.1) is 0 Å². The minimum Gasteiger partial charge on any atom is -0.354 e. The van der Waals surface area contributed by atoms with Crippen molar-refractivity contribution in [3.8, 4) is 0 Å². The van der Waals surface area contributed by atoms with Crippen molar-refractivity contribution in [2.45, 2.75) is 19.5 Å². The number of aryl methyl sites for hydroxylation is 1. The van der Waals surface area contributed by atoms with Crippen molar-refractivity contribution in [2.75, 3.05) is 6.54 Å². The first-order valence-corrected chi connectivity index (χ1v) is 7.56. The number of para-hydroxylation sites is 2. The van der Waals surface area contributed by atoms with E-state index in [2.05, 4.69) is 14.9 Å². The quantitative estimate of drug-likeness (QED) is 0.700. The molecule has 2 heterocycles. The van der Waals surface area contributed by atoms with E-state index in [9.17, 15) is 9.59 Å². The monoisotopic (exact) mass is 310 g/mol. The number of nitrogens with zero attached hydrogens (tertiary/aromatic N) is 3. The Kier molecular flexibility index (Phi) is 4.52. The maximum absolute atomic E-state index is 11.8. The Morgan fingerprint density at radius 3 is 2.78 bits per heavy atom. The van der Waals surface area contributed by atoms with E-state index in [1.807, 2.05) is 30.6 Å². The Labute approximate surface area is 133 Å². The first-order valence-electron chi connectivity index (χ1n) is 7.56. The molecule has 0 bridgehead atoms. The normalized spacial score (nSPS) is 10.8. The molecule has 0 spiro atoms. The number of imidazole rings is 1. The van der Waals surface area contributed by atoms with Gasteiger partial charge in [0.25, 0.3) is 5.56 Å². The lowest BCUT2D eigenvalue weighted by Crippen LogP contribution is -2.32. The Bertz CT molecular complexity index is 866. The first kappa shape index (κ1) is 15.0. The SMILES string of the molecule is O=C(Cn1ccccc1=O)NCCCn1cnc2ccccc21. The van der Waals surface area contributed by atoms with Gasteiger partial charge in [0.1, 0.15) is 6.54 Å². The summed E-state index contributed by atoms with van der Waals surface area (Å²) < 4.78 is 3.46. The molecular formula is C17H18N4O2. The van der Waals surface area contributed by atoms with E-state index in [1.165, 1.54) is 10.6 Å². The van der Waals surface area contributed by atoms with Gasteiger partial charge in [0.15, 0.2) is 0 Å². The number of carbonyl (C=O) groups excluding carboxylic acids is 1. The molecule has 0 unspecified atom stereocenters. The summed E-state index contributed by atoms with van der Waals surface area (Å²) >= 11 is 0. The second-order valence-corrected chi connectivity index (χ2v) is 5.30. The van der Waals surface area contributed by atoms with Gasteiger partial charge >= 0.3 is 0 Å². The fraction of sp³-hybridized carbons (Fsp3) is 0.235. The van der Waals surface area contributed by atoms with Gasteiger partial charge in [-0.1, -0.05) is 18.2 Å². The summed E-state index contributed by atoms with van der Waals surface area (Å²) in [5.74, 6) is -0.159. The lowest BCUT2D eigenvalue weighted by atomic mass is 10.3. The number of fused-ring (bicyclic) bond motifs is 1. The van der Waals surface area contributed by atoms with Crippen molar-refractivity contribution in [2.24, 2.45) is 0 Å². The van der Waals surface area contributed by atoms with Crippen molar-refractivity contribution in [3.05, 3.63) is 65.3 Å². The molecule has 2 aromatic heterocycles. The molecule has 0 fully saturated rings. The molecule has 3 rings (SSSR count). The van der Waals surface area contributed by atoms with E-state index >= 15 is 0 Å². The summed E-state index contributed by atoms with van der Waals surface area (Å²) in [6.45, 7) is 1.40. The van der Waals surface area contributed by atoms with E-state index in [4.69, 9.17) is 0 Å². The summed E-state index contributed by atoms with van der Waals surface area (Å²) in [6, 6.07) is 12.8. The van der Waals surface area contributed by atoms with Crippen LogP contribution in [0.5, 0.6) is 0 Å². The highest BCUT2D eigenvalue weighted by Crippen LogP contribution is 2.11. The smallest absolute Gasteiger partial charge is 0.250 e. The van der Waals surface area contributed by atoms with Gasteiger partial charge in [-0.25, -0.2) is 4.98 Å². The minimum atomic E-state index is -0.174. The number of amides is 1. The molecule has 1 aromatic carbocycles. The zero-order chi connectivity index (χ0) is 16.1. The van der Waals surface area contributed by atoms with E-state index < -0.39 is 0 Å². The second-order valence-electron chi connectivity index (χ2n) is 5.30. The largest absolute Gasteiger partial charge is 0.354 e. The van der Waals surface area contributed by atoms with Crippen LogP contribution in [-0.4, -0.2) is 26.6 Å². The zero-order valence-corrected chi connectivity index (χ0v) is 12.7. The molecule has 3 aromatic rings. The van der Waals surface area contributed by atoms with Crippen molar-refractivity contribution >= 4 is 16.9 Å². The molecule has 0 saturated carbocycles. The summed E-state index contributed by atoms with van der Waals surface area (Å²) in [5.41, 5.74) is 1.89. The summed E-state index contributed by atoms with van der Waals surface area (Å²) in [6.07, 6.45) is 4.23. The predicted octanol–water partition coefficient (Wildman–Crippen LogP) is 1.40. The molecule has 0 aliphatic carbocycles. The molecule has 0 atom stereocenters. The van der Waals surface area contributed by atoms with Crippen molar-refractivity contribution in [3.63, 3.8) is 0 Å². The molecule has 1 amide bonds. The Balaban J connectivity index is 1.47. The molecule has 0 aliphatic rings. The average molecular weight is 310 g/mol. The van der Waals surface area contributed by atoms with E-state index in [0.29, 0.717) is 6.54 Å². The van der Waals surface area contributed by atoms with Crippen LogP contribution < -0.4 is 10.9 Å². The predicted molar refractivity (Wildman–Crippen MR) is 88.1 cm³/mol. The number of benzene rings is 1. The molecule has 0 saturated heterocycles. The standard InChI is InChI=1S/C17H18N4O2/c22-16(12-20-10-4-3-8-17(20)23)18-9-5-11-21-13-19-14-6-1-2-7-15(14)21/h1-4,6-8,10,13H,5,9,11-12H2,(H,18,22). The van der Waals surface area contributed by atoms with E-state index in [0.717, 1.165) is 24.0 Å². The van der Waals surface area contributed by atoms with Crippen LogP contribution in [0.25, 0.3) is 11.0 Å². The van der Waals surface area contributed by atoms with Gasteiger partial charge in [0.2, 0.25) is 5.91 Å².